The first kappa shape index (κ1) is 17.2. The van der Waals surface area contributed by atoms with E-state index in [9.17, 15) is 4.79 Å². The van der Waals surface area contributed by atoms with Gasteiger partial charge in [0.15, 0.2) is 0 Å². The molecule has 6 nitrogen and oxygen atoms in total. The third kappa shape index (κ3) is 3.26. The number of carbonyl (C=O) groups is 1. The van der Waals surface area contributed by atoms with E-state index >= 15 is 0 Å². The maximum Gasteiger partial charge on any atom is 0.252 e. The van der Waals surface area contributed by atoms with E-state index in [4.69, 9.17) is 9.47 Å². The molecule has 2 aliphatic carbocycles. The highest BCUT2D eigenvalue weighted by Gasteiger charge is 2.58. The van der Waals surface area contributed by atoms with Crippen LogP contribution in [0.4, 0.5) is 5.82 Å². The van der Waals surface area contributed by atoms with Crippen LogP contribution in [0.3, 0.4) is 0 Å². The van der Waals surface area contributed by atoms with Crippen LogP contribution in [0.2, 0.25) is 0 Å². The Morgan fingerprint density at radius 3 is 2.83 bits per heavy atom. The van der Waals surface area contributed by atoms with Gasteiger partial charge in [0.25, 0.3) is 5.91 Å². The molecule has 2 atom stereocenters. The molecule has 6 heteroatoms. The first-order chi connectivity index (χ1) is 11.7. The molecule has 1 amide bonds. The Hall–Kier alpha value is -1.66. The van der Waals surface area contributed by atoms with Gasteiger partial charge in [-0.25, -0.2) is 4.98 Å². The molecule has 1 aromatic heterocycles. The van der Waals surface area contributed by atoms with Crippen LogP contribution in [-0.2, 0) is 9.47 Å². The van der Waals surface area contributed by atoms with Crippen LogP contribution in [0, 0.1) is 5.41 Å². The molecule has 2 saturated carbocycles. The molecule has 2 aliphatic rings. The van der Waals surface area contributed by atoms with Crippen LogP contribution in [0.1, 0.15) is 43.0 Å². The molecule has 24 heavy (non-hydrogen) atoms. The number of hydrogen-bond donors (Lipinski definition) is 2. The number of ether oxygens (including phenoxy) is 2. The molecule has 1 heterocycles. The monoisotopic (exact) mass is 333 g/mol. The maximum atomic E-state index is 12.0. The fourth-order valence-corrected chi connectivity index (χ4v) is 3.80. The lowest BCUT2D eigenvalue weighted by Crippen LogP contribution is -2.64. The summed E-state index contributed by atoms with van der Waals surface area (Å²) in [6.07, 6.45) is 6.80. The standard InChI is InChI=1S/C18H27N3O3/c1-3-24-15-11-14(18(15)7-4-8-18)21-16-6-5-13(12-20-16)17(22)19-9-10-23-2/h5-6,12,14-15H,3-4,7-11H2,1-2H3,(H,19,22)(H,20,21)/t14-,15+/m0/s1. The fraction of sp³-hybridized carbons (Fsp3) is 0.667. The van der Waals surface area contributed by atoms with Crippen molar-refractivity contribution in [3.63, 3.8) is 0 Å². The molecular formula is C18H27N3O3. The molecule has 1 spiro atoms. The summed E-state index contributed by atoms with van der Waals surface area (Å²) < 4.78 is 10.8. The van der Waals surface area contributed by atoms with Gasteiger partial charge in [-0.3, -0.25) is 4.79 Å². The van der Waals surface area contributed by atoms with Crippen LogP contribution < -0.4 is 10.6 Å². The number of hydrogen-bond acceptors (Lipinski definition) is 5. The van der Waals surface area contributed by atoms with Crippen molar-refractivity contribution >= 4 is 11.7 Å². The SMILES string of the molecule is CCO[C@@H]1C[C@H](Nc2ccc(C(=O)NCCOC)cn2)C12CCC2. The second kappa shape index (κ2) is 7.49. The van der Waals surface area contributed by atoms with Crippen molar-refractivity contribution in [1.82, 2.24) is 10.3 Å². The Bertz CT molecular complexity index is 557. The summed E-state index contributed by atoms with van der Waals surface area (Å²) >= 11 is 0. The van der Waals surface area contributed by atoms with Gasteiger partial charge in [0, 0.05) is 37.9 Å². The van der Waals surface area contributed by atoms with Gasteiger partial charge in [0.1, 0.15) is 5.82 Å². The van der Waals surface area contributed by atoms with E-state index in [1.54, 1.807) is 13.3 Å². The highest BCUT2D eigenvalue weighted by molar-refractivity contribution is 5.94. The molecule has 0 aliphatic heterocycles. The van der Waals surface area contributed by atoms with Gasteiger partial charge in [-0.05, 0) is 38.3 Å². The summed E-state index contributed by atoms with van der Waals surface area (Å²) in [6, 6.07) is 4.12. The van der Waals surface area contributed by atoms with E-state index in [1.165, 1.54) is 19.3 Å². The summed E-state index contributed by atoms with van der Waals surface area (Å²) in [6.45, 7) is 3.84. The van der Waals surface area contributed by atoms with Crippen molar-refractivity contribution < 1.29 is 14.3 Å². The van der Waals surface area contributed by atoms with Crippen LogP contribution in [0.15, 0.2) is 18.3 Å². The van der Waals surface area contributed by atoms with Crippen LogP contribution in [0.5, 0.6) is 0 Å². The lowest BCUT2D eigenvalue weighted by molar-refractivity contribution is -0.157. The zero-order chi connectivity index (χ0) is 17.0. The predicted octanol–water partition coefficient (Wildman–Crippen LogP) is 2.22. The highest BCUT2D eigenvalue weighted by Crippen LogP contribution is 2.58. The number of rotatable bonds is 8. The lowest BCUT2D eigenvalue weighted by Gasteiger charge is -2.61. The van der Waals surface area contributed by atoms with Crippen molar-refractivity contribution in [2.75, 3.05) is 32.2 Å². The van der Waals surface area contributed by atoms with Crippen molar-refractivity contribution in [3.8, 4) is 0 Å². The van der Waals surface area contributed by atoms with Crippen LogP contribution >= 0.6 is 0 Å². The Morgan fingerprint density at radius 1 is 1.42 bits per heavy atom. The Balaban J connectivity index is 1.54. The third-order valence-electron chi connectivity index (χ3n) is 5.38. The average molecular weight is 333 g/mol. The zero-order valence-electron chi connectivity index (χ0n) is 14.5. The minimum Gasteiger partial charge on any atom is -0.383 e. The molecule has 0 unspecified atom stereocenters. The fourth-order valence-electron chi connectivity index (χ4n) is 3.80. The minimum absolute atomic E-state index is 0.124. The molecule has 2 fully saturated rings. The largest absolute Gasteiger partial charge is 0.383 e. The molecule has 0 saturated heterocycles. The van der Waals surface area contributed by atoms with E-state index in [-0.39, 0.29) is 5.91 Å². The molecule has 2 N–H and O–H groups in total. The third-order valence-corrected chi connectivity index (χ3v) is 5.38. The van der Waals surface area contributed by atoms with E-state index in [1.807, 2.05) is 12.1 Å². The number of nitrogens with one attached hydrogen (secondary N) is 2. The van der Waals surface area contributed by atoms with Crippen molar-refractivity contribution in [2.24, 2.45) is 5.41 Å². The first-order valence-corrected chi connectivity index (χ1v) is 8.81. The minimum atomic E-state index is -0.124. The smallest absolute Gasteiger partial charge is 0.252 e. The van der Waals surface area contributed by atoms with Crippen LogP contribution in [-0.4, -0.2) is 49.9 Å². The second-order valence-electron chi connectivity index (χ2n) is 6.64. The highest BCUT2D eigenvalue weighted by atomic mass is 16.5. The quantitative estimate of drug-likeness (QED) is 0.714. The van der Waals surface area contributed by atoms with E-state index in [0.717, 1.165) is 18.8 Å². The zero-order valence-corrected chi connectivity index (χ0v) is 14.5. The lowest BCUT2D eigenvalue weighted by atomic mass is 9.51. The number of aromatic nitrogens is 1. The first-order valence-electron chi connectivity index (χ1n) is 8.81. The molecule has 0 radical (unpaired) electrons. The molecule has 132 valence electrons. The van der Waals surface area contributed by atoms with Crippen molar-refractivity contribution in [1.29, 1.82) is 0 Å². The maximum absolute atomic E-state index is 12.0. The van der Waals surface area contributed by atoms with Gasteiger partial charge < -0.3 is 20.1 Å². The summed E-state index contributed by atoms with van der Waals surface area (Å²) in [5.41, 5.74) is 0.865. The summed E-state index contributed by atoms with van der Waals surface area (Å²) in [4.78, 5) is 16.4. The van der Waals surface area contributed by atoms with Gasteiger partial charge >= 0.3 is 0 Å². The van der Waals surface area contributed by atoms with Gasteiger partial charge in [-0.15, -0.1) is 0 Å². The average Bonchev–Trinajstić information content (AvgIpc) is 2.53. The molecule has 0 aromatic carbocycles. The Kier molecular flexibility index (Phi) is 5.36. The van der Waals surface area contributed by atoms with Crippen molar-refractivity contribution in [3.05, 3.63) is 23.9 Å². The number of nitrogens with zero attached hydrogens (tertiary/aromatic N) is 1. The van der Waals surface area contributed by atoms with E-state index < -0.39 is 0 Å². The van der Waals surface area contributed by atoms with E-state index in [2.05, 4.69) is 22.5 Å². The van der Waals surface area contributed by atoms with Crippen LogP contribution in [0.25, 0.3) is 0 Å². The van der Waals surface area contributed by atoms with Gasteiger partial charge in [0.05, 0.1) is 18.3 Å². The van der Waals surface area contributed by atoms with E-state index in [0.29, 0.717) is 36.3 Å². The number of amides is 1. The topological polar surface area (TPSA) is 72.5 Å². The molecule has 1 aromatic rings. The summed E-state index contributed by atoms with van der Waals surface area (Å²) in [5.74, 6) is 0.705. The summed E-state index contributed by atoms with van der Waals surface area (Å²) in [7, 11) is 1.61. The molecular weight excluding hydrogens is 306 g/mol. The van der Waals surface area contributed by atoms with Gasteiger partial charge in [-0.2, -0.15) is 0 Å². The number of pyridine rings is 1. The molecule has 0 bridgehead atoms. The number of methoxy groups -OCH3 is 1. The van der Waals surface area contributed by atoms with Crippen molar-refractivity contribution in [2.45, 2.75) is 44.8 Å². The molecule has 3 rings (SSSR count). The predicted molar refractivity (Wildman–Crippen MR) is 92.2 cm³/mol. The second-order valence-corrected chi connectivity index (χ2v) is 6.64. The number of carbonyl (C=O) groups excluding carboxylic acids is 1. The number of anilines is 1. The Labute approximate surface area is 143 Å². The van der Waals surface area contributed by atoms with Gasteiger partial charge in [-0.1, -0.05) is 6.42 Å². The normalized spacial score (nSPS) is 24.1. The summed E-state index contributed by atoms with van der Waals surface area (Å²) in [5, 5.41) is 6.33. The van der Waals surface area contributed by atoms with Gasteiger partial charge in [0.2, 0.25) is 0 Å². The Morgan fingerprint density at radius 2 is 2.25 bits per heavy atom.